The average molecular weight is 350 g/mol. The molecule has 106 valence electrons. The fraction of sp³-hybridized carbons (Fsp3) is 0.462. The molecule has 0 fully saturated rings. The SMILES string of the molecule is CCC(CC)NC(=O)COc1c(N)cc(Cl)cc1Br. The second kappa shape index (κ2) is 7.60. The third kappa shape index (κ3) is 4.91. The Morgan fingerprint density at radius 2 is 2.11 bits per heavy atom. The number of ether oxygens (including phenoxy) is 1. The molecule has 19 heavy (non-hydrogen) atoms. The summed E-state index contributed by atoms with van der Waals surface area (Å²) in [5.41, 5.74) is 6.19. The Morgan fingerprint density at radius 1 is 1.47 bits per heavy atom. The minimum Gasteiger partial charge on any atom is -0.480 e. The van der Waals surface area contributed by atoms with Gasteiger partial charge in [0, 0.05) is 11.1 Å². The van der Waals surface area contributed by atoms with Crippen LogP contribution in [0, 0.1) is 0 Å². The van der Waals surface area contributed by atoms with Gasteiger partial charge in [-0.2, -0.15) is 0 Å². The Balaban J connectivity index is 2.60. The monoisotopic (exact) mass is 348 g/mol. The predicted octanol–water partition coefficient (Wildman–Crippen LogP) is 3.37. The van der Waals surface area contributed by atoms with E-state index in [1.165, 1.54) is 0 Å². The van der Waals surface area contributed by atoms with Crippen molar-refractivity contribution in [3.63, 3.8) is 0 Å². The first kappa shape index (κ1) is 16.1. The second-order valence-electron chi connectivity index (χ2n) is 4.18. The zero-order chi connectivity index (χ0) is 14.4. The van der Waals surface area contributed by atoms with Crippen molar-refractivity contribution in [3.8, 4) is 5.75 Å². The van der Waals surface area contributed by atoms with Crippen molar-refractivity contribution in [1.29, 1.82) is 0 Å². The lowest BCUT2D eigenvalue weighted by Crippen LogP contribution is -2.37. The van der Waals surface area contributed by atoms with E-state index in [0.29, 0.717) is 20.9 Å². The van der Waals surface area contributed by atoms with Crippen LogP contribution in [0.15, 0.2) is 16.6 Å². The van der Waals surface area contributed by atoms with Crippen LogP contribution in [0.4, 0.5) is 5.69 Å². The van der Waals surface area contributed by atoms with Crippen molar-refractivity contribution in [2.45, 2.75) is 32.7 Å². The van der Waals surface area contributed by atoms with Gasteiger partial charge < -0.3 is 15.8 Å². The van der Waals surface area contributed by atoms with E-state index < -0.39 is 0 Å². The summed E-state index contributed by atoms with van der Waals surface area (Å²) in [6.07, 6.45) is 1.80. The van der Waals surface area contributed by atoms with Crippen molar-refractivity contribution in [1.82, 2.24) is 5.32 Å². The molecule has 4 nitrogen and oxygen atoms in total. The van der Waals surface area contributed by atoms with Crippen LogP contribution in [0.1, 0.15) is 26.7 Å². The normalized spacial score (nSPS) is 10.6. The minimum atomic E-state index is -0.157. The third-order valence-electron chi connectivity index (χ3n) is 2.74. The van der Waals surface area contributed by atoms with Gasteiger partial charge >= 0.3 is 0 Å². The smallest absolute Gasteiger partial charge is 0.258 e. The van der Waals surface area contributed by atoms with E-state index in [1.54, 1.807) is 12.1 Å². The first-order valence-corrected chi connectivity index (χ1v) is 7.31. The zero-order valence-electron chi connectivity index (χ0n) is 11.0. The third-order valence-corrected chi connectivity index (χ3v) is 3.54. The summed E-state index contributed by atoms with van der Waals surface area (Å²) < 4.78 is 6.06. The van der Waals surface area contributed by atoms with Crippen LogP contribution in [0.25, 0.3) is 0 Å². The lowest BCUT2D eigenvalue weighted by Gasteiger charge is -2.16. The molecule has 0 saturated heterocycles. The molecule has 0 atom stereocenters. The molecule has 0 saturated carbocycles. The standard InChI is InChI=1S/C13H18BrClN2O2/c1-3-9(4-2)17-12(18)7-19-13-10(14)5-8(15)6-11(13)16/h5-6,9H,3-4,7,16H2,1-2H3,(H,17,18). The number of carbonyl (C=O) groups excluding carboxylic acids is 1. The first-order valence-electron chi connectivity index (χ1n) is 6.14. The summed E-state index contributed by atoms with van der Waals surface area (Å²) >= 11 is 9.15. The highest BCUT2D eigenvalue weighted by molar-refractivity contribution is 9.10. The zero-order valence-corrected chi connectivity index (χ0v) is 13.3. The quantitative estimate of drug-likeness (QED) is 0.774. The fourth-order valence-electron chi connectivity index (χ4n) is 1.63. The summed E-state index contributed by atoms with van der Waals surface area (Å²) in [4.78, 5) is 11.7. The summed E-state index contributed by atoms with van der Waals surface area (Å²) in [6, 6.07) is 3.44. The van der Waals surface area contributed by atoms with E-state index >= 15 is 0 Å². The molecule has 0 aliphatic heterocycles. The highest BCUT2D eigenvalue weighted by Crippen LogP contribution is 2.34. The molecule has 3 N–H and O–H groups in total. The van der Waals surface area contributed by atoms with Crippen LogP contribution in [0.5, 0.6) is 5.75 Å². The van der Waals surface area contributed by atoms with Crippen molar-refractivity contribution >= 4 is 39.1 Å². The lowest BCUT2D eigenvalue weighted by molar-refractivity contribution is -0.123. The number of amides is 1. The first-order chi connectivity index (χ1) is 8.97. The molecule has 0 aromatic heterocycles. The average Bonchev–Trinajstić information content (AvgIpc) is 2.34. The van der Waals surface area contributed by atoms with Gasteiger partial charge in [-0.15, -0.1) is 0 Å². The minimum absolute atomic E-state index is 0.0685. The Morgan fingerprint density at radius 3 is 2.63 bits per heavy atom. The number of hydrogen-bond donors (Lipinski definition) is 2. The number of nitrogen functional groups attached to an aromatic ring is 1. The van der Waals surface area contributed by atoms with Crippen molar-refractivity contribution in [2.24, 2.45) is 0 Å². The molecule has 1 amide bonds. The van der Waals surface area contributed by atoms with E-state index in [9.17, 15) is 4.79 Å². The number of anilines is 1. The molecular formula is C13H18BrClN2O2. The van der Waals surface area contributed by atoms with E-state index in [1.807, 2.05) is 13.8 Å². The van der Waals surface area contributed by atoms with Gasteiger partial charge in [-0.25, -0.2) is 0 Å². The molecule has 0 spiro atoms. The maximum Gasteiger partial charge on any atom is 0.258 e. The molecule has 1 rings (SSSR count). The van der Waals surface area contributed by atoms with Crippen LogP contribution >= 0.6 is 27.5 Å². The van der Waals surface area contributed by atoms with E-state index in [4.69, 9.17) is 22.1 Å². The summed E-state index contributed by atoms with van der Waals surface area (Å²) in [7, 11) is 0. The topological polar surface area (TPSA) is 64.3 Å². The predicted molar refractivity (Wildman–Crippen MR) is 81.6 cm³/mol. The Bertz CT molecular complexity index is 427. The fourth-order valence-corrected chi connectivity index (χ4v) is 2.58. The van der Waals surface area contributed by atoms with Gasteiger partial charge in [-0.1, -0.05) is 25.4 Å². The summed E-state index contributed by atoms with van der Waals surface area (Å²) in [5, 5.41) is 3.40. The van der Waals surface area contributed by atoms with Gasteiger partial charge in [0.1, 0.15) is 0 Å². The van der Waals surface area contributed by atoms with Gasteiger partial charge in [0.25, 0.3) is 5.91 Å². The molecule has 1 aromatic rings. The molecule has 0 unspecified atom stereocenters. The number of hydrogen-bond acceptors (Lipinski definition) is 3. The second-order valence-corrected chi connectivity index (χ2v) is 5.47. The van der Waals surface area contributed by atoms with Gasteiger partial charge in [-0.3, -0.25) is 4.79 Å². The van der Waals surface area contributed by atoms with Gasteiger partial charge in [0.2, 0.25) is 0 Å². The van der Waals surface area contributed by atoms with Crippen LogP contribution < -0.4 is 15.8 Å². The largest absolute Gasteiger partial charge is 0.480 e. The Hall–Kier alpha value is -0.940. The Kier molecular flexibility index (Phi) is 6.45. The summed E-state index contributed by atoms with van der Waals surface area (Å²) in [6.45, 7) is 3.99. The van der Waals surface area contributed by atoms with Crippen LogP contribution in [0.3, 0.4) is 0 Å². The molecule has 0 heterocycles. The van der Waals surface area contributed by atoms with Crippen molar-refractivity contribution in [2.75, 3.05) is 12.3 Å². The number of nitrogens with one attached hydrogen (secondary N) is 1. The van der Waals surface area contributed by atoms with E-state index in [0.717, 1.165) is 12.8 Å². The number of halogens is 2. The number of nitrogens with two attached hydrogens (primary N) is 1. The Labute approximate surface area is 126 Å². The van der Waals surface area contributed by atoms with Gasteiger partial charge in [0.15, 0.2) is 12.4 Å². The molecule has 0 aliphatic rings. The van der Waals surface area contributed by atoms with E-state index in [-0.39, 0.29) is 18.6 Å². The maximum absolute atomic E-state index is 11.7. The maximum atomic E-state index is 11.7. The van der Waals surface area contributed by atoms with E-state index in [2.05, 4.69) is 21.2 Å². The molecule has 1 aromatic carbocycles. The molecule has 6 heteroatoms. The molecule has 0 bridgehead atoms. The number of rotatable bonds is 6. The number of carbonyl (C=O) groups is 1. The van der Waals surface area contributed by atoms with Crippen LogP contribution in [-0.2, 0) is 4.79 Å². The molecule has 0 aliphatic carbocycles. The number of benzene rings is 1. The van der Waals surface area contributed by atoms with Gasteiger partial charge in [0.05, 0.1) is 10.2 Å². The van der Waals surface area contributed by atoms with Crippen molar-refractivity contribution < 1.29 is 9.53 Å². The van der Waals surface area contributed by atoms with Crippen LogP contribution in [-0.4, -0.2) is 18.6 Å². The lowest BCUT2D eigenvalue weighted by atomic mass is 10.2. The van der Waals surface area contributed by atoms with Gasteiger partial charge in [-0.05, 0) is 40.9 Å². The van der Waals surface area contributed by atoms with Crippen molar-refractivity contribution in [3.05, 3.63) is 21.6 Å². The molecule has 0 radical (unpaired) electrons. The highest BCUT2D eigenvalue weighted by atomic mass is 79.9. The highest BCUT2D eigenvalue weighted by Gasteiger charge is 2.12. The van der Waals surface area contributed by atoms with Crippen LogP contribution in [0.2, 0.25) is 5.02 Å². The molecular weight excluding hydrogens is 332 g/mol. The summed E-state index contributed by atoms with van der Waals surface area (Å²) in [5.74, 6) is 0.277.